The lowest BCUT2D eigenvalue weighted by atomic mass is 9.94. The van der Waals surface area contributed by atoms with Crippen molar-refractivity contribution in [3.8, 4) is 0 Å². The fourth-order valence-electron chi connectivity index (χ4n) is 3.77. The number of carbonyl (C=O) groups excluding carboxylic acids is 3. The number of hydrogen-bond acceptors (Lipinski definition) is 6. The molecule has 1 aromatic heterocycles. The minimum absolute atomic E-state index is 0.0161. The number of thiazole rings is 1. The molecule has 0 aliphatic carbocycles. The number of fused-ring (bicyclic) bond motifs is 4. The first-order valence-electron chi connectivity index (χ1n) is 8.49. The maximum Gasteiger partial charge on any atom is 0.410 e. The molecule has 5 heterocycles. The van der Waals surface area contributed by atoms with Gasteiger partial charge in [0.2, 0.25) is 11.8 Å². The van der Waals surface area contributed by atoms with Crippen LogP contribution in [0.5, 0.6) is 0 Å². The van der Waals surface area contributed by atoms with E-state index in [9.17, 15) is 14.4 Å². The fraction of sp³-hybridized carbons (Fsp3) is 0.625. The van der Waals surface area contributed by atoms with Gasteiger partial charge in [-0.25, -0.2) is 9.78 Å². The summed E-state index contributed by atoms with van der Waals surface area (Å²) in [6.07, 6.45) is 1.27. The molecule has 4 saturated heterocycles. The van der Waals surface area contributed by atoms with Crippen LogP contribution in [0, 0.1) is 5.92 Å². The van der Waals surface area contributed by atoms with Crippen LogP contribution in [0.25, 0.3) is 0 Å². The quantitative estimate of drug-likeness (QED) is 0.779. The highest BCUT2D eigenvalue weighted by atomic mass is 32.1. The molecule has 0 spiro atoms. The largest absolute Gasteiger partial charge is 0.448 e. The van der Waals surface area contributed by atoms with Gasteiger partial charge in [0.1, 0.15) is 13.2 Å². The standard InChI is InChI=1S/C16H20N4O4S/c21-14(8-18-3-4-24-16(18)23)19-5-11-1-2-13(7-19)20(15(11)22)6-12-9-25-10-17-12/h9-11,13H,1-8H2/t11-,13+/m1/s1. The second kappa shape index (κ2) is 6.62. The molecule has 0 N–H and O–H groups in total. The molecule has 4 aliphatic heterocycles. The van der Waals surface area contributed by atoms with Crippen LogP contribution in [-0.4, -0.2) is 76.4 Å². The number of nitrogens with zero attached hydrogens (tertiary/aromatic N) is 4. The molecule has 134 valence electrons. The van der Waals surface area contributed by atoms with E-state index in [1.807, 2.05) is 10.3 Å². The molecule has 3 amide bonds. The van der Waals surface area contributed by atoms with Crippen LogP contribution in [0.2, 0.25) is 0 Å². The maximum atomic E-state index is 12.8. The predicted octanol–water partition coefficient (Wildman–Crippen LogP) is 0.545. The Morgan fingerprint density at radius 2 is 2.20 bits per heavy atom. The Bertz CT molecular complexity index is 680. The lowest BCUT2D eigenvalue weighted by Crippen LogP contribution is -2.48. The predicted molar refractivity (Wildman–Crippen MR) is 88.7 cm³/mol. The molecule has 0 saturated carbocycles. The molecular weight excluding hydrogens is 344 g/mol. The zero-order valence-corrected chi connectivity index (χ0v) is 14.6. The summed E-state index contributed by atoms with van der Waals surface area (Å²) in [5.74, 6) is -0.161. The second-order valence-corrected chi connectivity index (χ2v) is 7.43. The molecule has 0 aromatic carbocycles. The molecule has 9 heteroatoms. The summed E-state index contributed by atoms with van der Waals surface area (Å²) in [7, 11) is 0. The SMILES string of the molecule is O=C(CN1CCOC1=O)N1C[C@H]2CC[C@@H](C1)N(Cc1cscn1)C2=O. The van der Waals surface area contributed by atoms with Crippen LogP contribution in [0.1, 0.15) is 18.5 Å². The summed E-state index contributed by atoms with van der Waals surface area (Å²) in [6, 6.07) is 0.0161. The van der Waals surface area contributed by atoms with Crippen LogP contribution in [-0.2, 0) is 20.9 Å². The number of amides is 3. The molecule has 8 nitrogen and oxygen atoms in total. The molecular formula is C16H20N4O4S. The summed E-state index contributed by atoms with van der Waals surface area (Å²) in [4.78, 5) is 46.3. The number of carbonyl (C=O) groups is 3. The molecule has 4 fully saturated rings. The summed E-state index contributed by atoms with van der Waals surface area (Å²) < 4.78 is 4.87. The van der Waals surface area contributed by atoms with Crippen molar-refractivity contribution in [2.75, 3.05) is 32.8 Å². The van der Waals surface area contributed by atoms with Crippen LogP contribution in [0.4, 0.5) is 4.79 Å². The van der Waals surface area contributed by atoms with Crippen molar-refractivity contribution in [1.82, 2.24) is 19.7 Å². The van der Waals surface area contributed by atoms with Gasteiger partial charge in [0.15, 0.2) is 0 Å². The van der Waals surface area contributed by atoms with E-state index in [-0.39, 0.29) is 30.3 Å². The highest BCUT2D eigenvalue weighted by Gasteiger charge is 2.42. The van der Waals surface area contributed by atoms with Gasteiger partial charge in [-0.3, -0.25) is 14.5 Å². The van der Waals surface area contributed by atoms with E-state index in [1.165, 1.54) is 16.2 Å². The van der Waals surface area contributed by atoms with Crippen molar-refractivity contribution in [3.05, 3.63) is 16.6 Å². The lowest BCUT2D eigenvalue weighted by molar-refractivity contribution is -0.140. The van der Waals surface area contributed by atoms with Crippen LogP contribution >= 0.6 is 11.3 Å². The monoisotopic (exact) mass is 364 g/mol. The van der Waals surface area contributed by atoms with Gasteiger partial charge < -0.3 is 14.5 Å². The average molecular weight is 364 g/mol. The first kappa shape index (κ1) is 16.3. The van der Waals surface area contributed by atoms with Crippen molar-refractivity contribution < 1.29 is 19.1 Å². The van der Waals surface area contributed by atoms with Gasteiger partial charge in [-0.15, -0.1) is 11.3 Å². The van der Waals surface area contributed by atoms with E-state index in [0.717, 1.165) is 18.5 Å². The van der Waals surface area contributed by atoms with E-state index >= 15 is 0 Å². The van der Waals surface area contributed by atoms with Crippen molar-refractivity contribution in [1.29, 1.82) is 0 Å². The second-order valence-electron chi connectivity index (χ2n) is 6.71. The highest BCUT2D eigenvalue weighted by molar-refractivity contribution is 7.07. The molecule has 0 unspecified atom stereocenters. The third-order valence-corrected chi connectivity index (χ3v) is 5.77. The summed E-state index contributed by atoms with van der Waals surface area (Å²) >= 11 is 1.52. The number of ether oxygens (including phenoxy) is 1. The highest BCUT2D eigenvalue weighted by Crippen LogP contribution is 2.30. The zero-order chi connectivity index (χ0) is 17.4. The van der Waals surface area contributed by atoms with Gasteiger partial charge in [0, 0.05) is 24.5 Å². The minimum Gasteiger partial charge on any atom is -0.448 e. The zero-order valence-electron chi connectivity index (χ0n) is 13.8. The molecule has 25 heavy (non-hydrogen) atoms. The Balaban J connectivity index is 1.45. The topological polar surface area (TPSA) is 83.1 Å². The summed E-state index contributed by atoms with van der Waals surface area (Å²) in [5.41, 5.74) is 2.66. The third kappa shape index (κ3) is 3.20. The molecule has 4 aliphatic rings. The Morgan fingerprint density at radius 3 is 2.92 bits per heavy atom. The van der Waals surface area contributed by atoms with E-state index in [0.29, 0.717) is 32.8 Å². The average Bonchev–Trinajstić information content (AvgIpc) is 3.16. The minimum atomic E-state index is -0.438. The first-order valence-corrected chi connectivity index (χ1v) is 9.43. The van der Waals surface area contributed by atoms with Gasteiger partial charge >= 0.3 is 6.09 Å². The molecule has 1 aromatic rings. The third-order valence-electron chi connectivity index (χ3n) is 5.13. The van der Waals surface area contributed by atoms with E-state index in [2.05, 4.69) is 4.98 Å². The van der Waals surface area contributed by atoms with Gasteiger partial charge in [-0.05, 0) is 12.8 Å². The van der Waals surface area contributed by atoms with Crippen LogP contribution in [0.15, 0.2) is 10.9 Å². The van der Waals surface area contributed by atoms with E-state index < -0.39 is 6.09 Å². The van der Waals surface area contributed by atoms with Crippen molar-refractivity contribution >= 4 is 29.2 Å². The summed E-state index contributed by atoms with van der Waals surface area (Å²) in [5, 5.41) is 1.95. The fourth-order valence-corrected chi connectivity index (χ4v) is 4.32. The summed E-state index contributed by atoms with van der Waals surface area (Å²) in [6.45, 7) is 2.26. The lowest BCUT2D eigenvalue weighted by Gasteiger charge is -2.35. The number of rotatable bonds is 4. The number of piperidine rings is 1. The van der Waals surface area contributed by atoms with Gasteiger partial charge in [-0.2, -0.15) is 0 Å². The Labute approximate surface area is 149 Å². The van der Waals surface area contributed by atoms with E-state index in [4.69, 9.17) is 4.74 Å². The van der Waals surface area contributed by atoms with E-state index in [1.54, 1.807) is 10.4 Å². The Morgan fingerprint density at radius 1 is 1.32 bits per heavy atom. The molecule has 0 radical (unpaired) electrons. The number of cyclic esters (lactones) is 1. The maximum absolute atomic E-state index is 12.8. The smallest absolute Gasteiger partial charge is 0.410 e. The Kier molecular flexibility index (Phi) is 4.32. The molecule has 5 rings (SSSR count). The van der Waals surface area contributed by atoms with Crippen molar-refractivity contribution in [3.63, 3.8) is 0 Å². The number of aromatic nitrogens is 1. The van der Waals surface area contributed by atoms with Crippen molar-refractivity contribution in [2.24, 2.45) is 5.92 Å². The first-order chi connectivity index (χ1) is 12.1. The molecule has 2 atom stereocenters. The van der Waals surface area contributed by atoms with Crippen LogP contribution in [0.3, 0.4) is 0 Å². The van der Waals surface area contributed by atoms with Crippen LogP contribution < -0.4 is 0 Å². The van der Waals surface area contributed by atoms with Crippen molar-refractivity contribution in [2.45, 2.75) is 25.4 Å². The number of hydrogen-bond donors (Lipinski definition) is 0. The van der Waals surface area contributed by atoms with Gasteiger partial charge in [0.25, 0.3) is 0 Å². The normalized spacial score (nSPS) is 26.2. The van der Waals surface area contributed by atoms with Gasteiger partial charge in [0.05, 0.1) is 30.2 Å². The Hall–Kier alpha value is -2.16. The van der Waals surface area contributed by atoms with Gasteiger partial charge in [-0.1, -0.05) is 0 Å². The molecule has 2 bridgehead atoms.